The van der Waals surface area contributed by atoms with Gasteiger partial charge in [0.25, 0.3) is 0 Å². The van der Waals surface area contributed by atoms with Crippen LogP contribution in [0.3, 0.4) is 0 Å². The molecule has 1 amide bonds. The molecule has 5 nitrogen and oxygen atoms in total. The molecule has 112 valence electrons. The number of primary amides is 1. The van der Waals surface area contributed by atoms with Crippen molar-refractivity contribution in [3.05, 3.63) is 5.82 Å². The third-order valence-electron chi connectivity index (χ3n) is 3.45. The number of nitrogens with zero attached hydrogens (tertiary/aromatic N) is 2. The van der Waals surface area contributed by atoms with Crippen LogP contribution in [0.25, 0.3) is 0 Å². The number of carbonyl (C=O) groups is 1. The molecule has 1 saturated carbocycles. The lowest BCUT2D eigenvalue weighted by atomic mass is 9.94. The Morgan fingerprint density at radius 2 is 2.30 bits per heavy atom. The average molecular weight is 314 g/mol. The molecule has 3 N–H and O–H groups in total. The van der Waals surface area contributed by atoms with Gasteiger partial charge >= 0.3 is 0 Å². The van der Waals surface area contributed by atoms with E-state index in [0.717, 1.165) is 48.0 Å². The van der Waals surface area contributed by atoms with Gasteiger partial charge < -0.3 is 11.1 Å². The predicted molar refractivity (Wildman–Crippen MR) is 83.0 cm³/mol. The summed E-state index contributed by atoms with van der Waals surface area (Å²) in [5.41, 5.74) is 4.98. The van der Waals surface area contributed by atoms with Crippen LogP contribution < -0.4 is 11.1 Å². The number of nitrogens with one attached hydrogen (secondary N) is 1. The summed E-state index contributed by atoms with van der Waals surface area (Å²) in [4.78, 5) is 15.9. The van der Waals surface area contributed by atoms with Crippen LogP contribution in [0.4, 0.5) is 0 Å². The van der Waals surface area contributed by atoms with Gasteiger partial charge in [-0.3, -0.25) is 4.79 Å². The van der Waals surface area contributed by atoms with Gasteiger partial charge in [-0.1, -0.05) is 18.2 Å². The molecule has 0 aliphatic heterocycles. The van der Waals surface area contributed by atoms with Gasteiger partial charge in [-0.15, -0.1) is 0 Å². The molecule has 0 bridgehead atoms. The van der Waals surface area contributed by atoms with E-state index in [2.05, 4.69) is 14.7 Å². The first-order valence-electron chi connectivity index (χ1n) is 7.00. The summed E-state index contributed by atoms with van der Waals surface area (Å²) in [7, 11) is 0. The van der Waals surface area contributed by atoms with E-state index in [1.807, 2.05) is 13.8 Å². The smallest absolute Gasteiger partial charge is 0.237 e. The molecule has 0 spiro atoms. The Hall–Kier alpha value is -0.660. The standard InChI is InChI=1S/C13H22N4OS2/c1-9-15-12(20-17-9)19-8-4-3-7-13(2,11(14)18)16-10-5-6-10/h10,16H,3-8H2,1-2H3,(H2,14,18). The van der Waals surface area contributed by atoms with E-state index in [0.29, 0.717) is 6.04 Å². The zero-order valence-corrected chi connectivity index (χ0v) is 13.6. The lowest BCUT2D eigenvalue weighted by Gasteiger charge is -2.27. The van der Waals surface area contributed by atoms with E-state index >= 15 is 0 Å². The zero-order valence-electron chi connectivity index (χ0n) is 12.0. The Balaban J connectivity index is 1.66. The van der Waals surface area contributed by atoms with Crippen LogP contribution in [0.1, 0.15) is 44.9 Å². The van der Waals surface area contributed by atoms with Crippen molar-refractivity contribution in [1.82, 2.24) is 14.7 Å². The number of unbranched alkanes of at least 4 members (excludes halogenated alkanes) is 1. The number of hydrogen-bond acceptors (Lipinski definition) is 6. The number of carbonyl (C=O) groups excluding carboxylic acids is 1. The second kappa shape index (κ2) is 6.87. The molecule has 1 aliphatic carbocycles. The molecule has 20 heavy (non-hydrogen) atoms. The summed E-state index contributed by atoms with van der Waals surface area (Å²) < 4.78 is 5.18. The first kappa shape index (κ1) is 15.7. The molecule has 0 saturated heterocycles. The fourth-order valence-corrected chi connectivity index (χ4v) is 3.74. The average Bonchev–Trinajstić information content (AvgIpc) is 3.09. The highest BCUT2D eigenvalue weighted by Gasteiger charge is 2.36. The molecule has 1 aromatic rings. The van der Waals surface area contributed by atoms with Crippen LogP contribution in [-0.4, -0.2) is 32.6 Å². The van der Waals surface area contributed by atoms with Gasteiger partial charge in [0.05, 0.1) is 5.54 Å². The fraction of sp³-hybridized carbons (Fsp3) is 0.769. The quantitative estimate of drug-likeness (QED) is 0.539. The van der Waals surface area contributed by atoms with Crippen LogP contribution in [0.5, 0.6) is 0 Å². The van der Waals surface area contributed by atoms with Crippen molar-refractivity contribution in [2.45, 2.75) is 61.9 Å². The molecule has 1 atom stereocenters. The van der Waals surface area contributed by atoms with E-state index in [1.54, 1.807) is 11.8 Å². The zero-order chi connectivity index (χ0) is 14.6. The molecular formula is C13H22N4OS2. The Kier molecular flexibility index (Phi) is 5.40. The Morgan fingerprint density at radius 3 is 2.85 bits per heavy atom. The minimum atomic E-state index is -0.550. The first-order valence-corrected chi connectivity index (χ1v) is 8.76. The van der Waals surface area contributed by atoms with E-state index in [-0.39, 0.29) is 5.91 Å². The summed E-state index contributed by atoms with van der Waals surface area (Å²) in [6.45, 7) is 3.83. The number of aryl methyl sites for hydroxylation is 1. The van der Waals surface area contributed by atoms with E-state index < -0.39 is 5.54 Å². The topological polar surface area (TPSA) is 80.9 Å². The Bertz CT molecular complexity index is 461. The maximum Gasteiger partial charge on any atom is 0.237 e. The molecular weight excluding hydrogens is 292 g/mol. The van der Waals surface area contributed by atoms with Gasteiger partial charge in [0.15, 0.2) is 4.34 Å². The monoisotopic (exact) mass is 314 g/mol. The summed E-state index contributed by atoms with van der Waals surface area (Å²) in [6, 6.07) is 0.492. The van der Waals surface area contributed by atoms with Crippen molar-refractivity contribution >= 4 is 29.2 Å². The first-order chi connectivity index (χ1) is 9.49. The molecule has 1 heterocycles. The highest BCUT2D eigenvalue weighted by molar-refractivity contribution is 8.00. The Labute approximate surface area is 128 Å². The fourth-order valence-electron chi connectivity index (χ4n) is 2.02. The molecule has 7 heteroatoms. The van der Waals surface area contributed by atoms with Gasteiger partial charge in [0, 0.05) is 11.8 Å². The molecule has 1 aromatic heterocycles. The molecule has 0 aromatic carbocycles. The molecule has 1 aliphatic rings. The van der Waals surface area contributed by atoms with Gasteiger partial charge in [-0.2, -0.15) is 4.37 Å². The minimum absolute atomic E-state index is 0.239. The summed E-state index contributed by atoms with van der Waals surface area (Å²) in [5.74, 6) is 1.61. The predicted octanol–water partition coefficient (Wildman–Crippen LogP) is 2.10. The molecule has 0 radical (unpaired) electrons. The van der Waals surface area contributed by atoms with Crippen molar-refractivity contribution in [2.24, 2.45) is 5.73 Å². The van der Waals surface area contributed by atoms with Crippen molar-refractivity contribution in [3.8, 4) is 0 Å². The maximum atomic E-state index is 11.6. The molecule has 2 rings (SSSR count). The van der Waals surface area contributed by atoms with Gasteiger partial charge in [-0.05, 0) is 51.1 Å². The second-order valence-corrected chi connectivity index (χ2v) is 7.62. The minimum Gasteiger partial charge on any atom is -0.368 e. The van der Waals surface area contributed by atoms with Gasteiger partial charge in [0.1, 0.15) is 5.82 Å². The number of aromatic nitrogens is 2. The largest absolute Gasteiger partial charge is 0.368 e. The van der Waals surface area contributed by atoms with Crippen molar-refractivity contribution in [1.29, 1.82) is 0 Å². The summed E-state index contributed by atoms with van der Waals surface area (Å²) in [5, 5.41) is 3.38. The second-order valence-electron chi connectivity index (χ2n) is 5.53. The van der Waals surface area contributed by atoms with Crippen LogP contribution in [0, 0.1) is 6.92 Å². The van der Waals surface area contributed by atoms with Gasteiger partial charge in [-0.25, -0.2) is 4.98 Å². The summed E-state index contributed by atoms with van der Waals surface area (Å²) in [6.07, 6.45) is 5.17. The van der Waals surface area contributed by atoms with E-state index in [9.17, 15) is 4.79 Å². The van der Waals surface area contributed by atoms with Crippen LogP contribution in [-0.2, 0) is 4.79 Å². The third-order valence-corrected chi connectivity index (χ3v) is 5.46. The van der Waals surface area contributed by atoms with Crippen LogP contribution >= 0.6 is 23.3 Å². The number of nitrogens with two attached hydrogens (primary N) is 1. The van der Waals surface area contributed by atoms with Gasteiger partial charge in [0.2, 0.25) is 5.91 Å². The van der Waals surface area contributed by atoms with Crippen LogP contribution in [0.15, 0.2) is 4.34 Å². The van der Waals surface area contributed by atoms with E-state index in [4.69, 9.17) is 5.73 Å². The van der Waals surface area contributed by atoms with Crippen LogP contribution in [0.2, 0.25) is 0 Å². The Morgan fingerprint density at radius 1 is 1.55 bits per heavy atom. The third kappa shape index (κ3) is 4.71. The highest BCUT2D eigenvalue weighted by atomic mass is 32.2. The lowest BCUT2D eigenvalue weighted by Crippen LogP contribution is -2.53. The summed E-state index contributed by atoms with van der Waals surface area (Å²) >= 11 is 3.18. The van der Waals surface area contributed by atoms with E-state index in [1.165, 1.54) is 11.5 Å². The number of amides is 1. The highest BCUT2D eigenvalue weighted by Crippen LogP contribution is 2.26. The van der Waals surface area contributed by atoms with Crippen molar-refractivity contribution < 1.29 is 4.79 Å². The number of rotatable bonds is 9. The number of thioether (sulfide) groups is 1. The molecule has 1 unspecified atom stereocenters. The number of hydrogen-bond donors (Lipinski definition) is 2. The SMILES string of the molecule is Cc1nsc(SCCCCC(C)(NC2CC2)C(N)=O)n1. The lowest BCUT2D eigenvalue weighted by molar-refractivity contribution is -0.124. The normalized spacial score (nSPS) is 17.9. The van der Waals surface area contributed by atoms with Crippen molar-refractivity contribution in [2.75, 3.05) is 5.75 Å². The maximum absolute atomic E-state index is 11.6. The van der Waals surface area contributed by atoms with Crippen molar-refractivity contribution in [3.63, 3.8) is 0 Å². The molecule has 1 fully saturated rings.